The van der Waals surface area contributed by atoms with E-state index in [0.717, 1.165) is 12.8 Å². The van der Waals surface area contributed by atoms with Crippen molar-refractivity contribution in [2.75, 3.05) is 0 Å². The SMILES string of the molecule is CCCCCCC(O)(CC(F)(F)F)C(=O)C(O)(CCCCCC)CC(F)(F)F. The lowest BCUT2D eigenvalue weighted by Gasteiger charge is -2.37. The van der Waals surface area contributed by atoms with Crippen LogP contribution in [-0.4, -0.2) is 39.6 Å². The largest absolute Gasteiger partial charge is 0.392 e. The highest BCUT2D eigenvalue weighted by Gasteiger charge is 2.55. The van der Waals surface area contributed by atoms with E-state index >= 15 is 0 Å². The van der Waals surface area contributed by atoms with Crippen molar-refractivity contribution in [2.45, 2.75) is 114 Å². The molecule has 3 nitrogen and oxygen atoms in total. The Morgan fingerprint density at radius 2 is 0.964 bits per heavy atom. The molecule has 2 unspecified atom stereocenters. The molecule has 0 aromatic rings. The molecule has 9 heteroatoms. The van der Waals surface area contributed by atoms with Crippen molar-refractivity contribution in [1.29, 1.82) is 0 Å². The summed E-state index contributed by atoms with van der Waals surface area (Å²) in [4.78, 5) is 12.7. The fourth-order valence-electron chi connectivity index (χ4n) is 3.35. The molecule has 2 atom stereocenters. The van der Waals surface area contributed by atoms with Gasteiger partial charge in [0.15, 0.2) is 5.78 Å². The minimum absolute atomic E-state index is 0.0457. The molecule has 0 saturated carbocycles. The first-order valence-electron chi connectivity index (χ1n) is 9.82. The van der Waals surface area contributed by atoms with Gasteiger partial charge in [-0.25, -0.2) is 0 Å². The number of ketones is 1. The van der Waals surface area contributed by atoms with Crippen molar-refractivity contribution in [1.82, 2.24) is 0 Å². The molecule has 0 amide bonds. The van der Waals surface area contributed by atoms with Crippen molar-refractivity contribution in [3.8, 4) is 0 Å². The van der Waals surface area contributed by atoms with Crippen molar-refractivity contribution >= 4 is 5.78 Å². The summed E-state index contributed by atoms with van der Waals surface area (Å²) in [5.41, 5.74) is -6.15. The molecule has 0 aromatic carbocycles. The fraction of sp³-hybridized carbons (Fsp3) is 0.947. The molecule has 0 aliphatic carbocycles. The van der Waals surface area contributed by atoms with Gasteiger partial charge in [-0.2, -0.15) is 26.3 Å². The zero-order chi connectivity index (χ0) is 22.1. The van der Waals surface area contributed by atoms with Crippen LogP contribution < -0.4 is 0 Å². The third-order valence-corrected chi connectivity index (χ3v) is 4.72. The number of rotatable bonds is 14. The standard InChI is InChI=1S/C19H32F6O3/c1-3-5-7-9-11-16(27,13-18(20,21)22)15(26)17(28,14-19(23,24)25)12-10-8-6-4-2/h27-28H,3-14H2,1-2H3. The van der Waals surface area contributed by atoms with E-state index in [9.17, 15) is 41.4 Å². The molecule has 0 heterocycles. The van der Waals surface area contributed by atoms with Gasteiger partial charge in [0.1, 0.15) is 11.2 Å². The molecule has 0 radical (unpaired) electrons. The molecule has 0 saturated heterocycles. The van der Waals surface area contributed by atoms with Crippen molar-refractivity contribution in [3.63, 3.8) is 0 Å². The normalized spacial score (nSPS) is 17.2. The van der Waals surface area contributed by atoms with E-state index in [4.69, 9.17) is 0 Å². The first-order valence-corrected chi connectivity index (χ1v) is 9.82. The summed E-state index contributed by atoms with van der Waals surface area (Å²) in [5.74, 6) is -1.78. The molecule has 0 aliphatic heterocycles. The monoisotopic (exact) mass is 422 g/mol. The summed E-state index contributed by atoms with van der Waals surface area (Å²) in [5, 5.41) is 20.9. The Morgan fingerprint density at radius 1 is 0.643 bits per heavy atom. The highest BCUT2D eigenvalue weighted by atomic mass is 19.4. The summed E-state index contributed by atoms with van der Waals surface area (Å²) >= 11 is 0. The van der Waals surface area contributed by atoms with E-state index < -0.39 is 55.0 Å². The Morgan fingerprint density at radius 3 is 1.21 bits per heavy atom. The first-order chi connectivity index (χ1) is 12.7. The highest BCUT2D eigenvalue weighted by Crippen LogP contribution is 2.40. The number of alkyl halides is 6. The Labute approximate surface area is 162 Å². The Hall–Kier alpha value is -0.830. The molecule has 0 spiro atoms. The molecule has 2 N–H and O–H groups in total. The second-order valence-electron chi connectivity index (χ2n) is 7.60. The van der Waals surface area contributed by atoms with Gasteiger partial charge in [0, 0.05) is 0 Å². The first kappa shape index (κ1) is 27.2. The molecular formula is C19H32F6O3. The van der Waals surface area contributed by atoms with E-state index in [1.165, 1.54) is 0 Å². The molecule has 0 aliphatic rings. The number of carbonyl (C=O) groups is 1. The zero-order valence-corrected chi connectivity index (χ0v) is 16.6. The second-order valence-corrected chi connectivity index (χ2v) is 7.60. The van der Waals surface area contributed by atoms with Gasteiger partial charge in [-0.15, -0.1) is 0 Å². The van der Waals surface area contributed by atoms with Crippen molar-refractivity contribution < 1.29 is 41.4 Å². The lowest BCUT2D eigenvalue weighted by molar-refractivity contribution is -0.209. The van der Waals surface area contributed by atoms with E-state index in [0.29, 0.717) is 25.7 Å². The van der Waals surface area contributed by atoms with E-state index in [-0.39, 0.29) is 12.8 Å². The van der Waals surface area contributed by atoms with Gasteiger partial charge in [-0.3, -0.25) is 4.79 Å². The molecular weight excluding hydrogens is 390 g/mol. The number of hydrogen-bond acceptors (Lipinski definition) is 3. The molecule has 0 aromatic heterocycles. The predicted molar refractivity (Wildman–Crippen MR) is 93.8 cm³/mol. The summed E-state index contributed by atoms with van der Waals surface area (Å²) in [7, 11) is 0. The number of unbranched alkanes of at least 4 members (excludes halogenated alkanes) is 6. The second kappa shape index (κ2) is 11.4. The van der Waals surface area contributed by atoms with Gasteiger partial charge in [0.2, 0.25) is 0 Å². The number of aliphatic hydroxyl groups is 2. The maximum absolute atomic E-state index is 12.9. The van der Waals surface area contributed by atoms with Gasteiger partial charge in [0.05, 0.1) is 12.8 Å². The van der Waals surface area contributed by atoms with Crippen LogP contribution in [0.25, 0.3) is 0 Å². The van der Waals surface area contributed by atoms with Gasteiger partial charge in [-0.1, -0.05) is 65.2 Å². The van der Waals surface area contributed by atoms with Crippen LogP contribution in [0.5, 0.6) is 0 Å². The Bertz CT molecular complexity index is 424. The summed E-state index contributed by atoms with van der Waals surface area (Å²) in [6, 6.07) is 0. The predicted octanol–water partition coefficient (Wildman–Crippen LogP) is 5.86. The van der Waals surface area contributed by atoms with E-state index in [1.54, 1.807) is 0 Å². The Balaban J connectivity index is 5.62. The van der Waals surface area contributed by atoms with Crippen LogP contribution in [0.2, 0.25) is 0 Å². The number of hydrogen-bond donors (Lipinski definition) is 2. The minimum atomic E-state index is -4.96. The third kappa shape index (κ3) is 10.6. The summed E-state index contributed by atoms with van der Waals surface area (Å²) in [6.07, 6.45) is -11.4. The maximum atomic E-state index is 12.9. The number of carbonyl (C=O) groups excluding carboxylic acids is 1. The van der Waals surface area contributed by atoms with E-state index in [1.807, 2.05) is 13.8 Å². The van der Waals surface area contributed by atoms with Gasteiger partial charge in [0.25, 0.3) is 0 Å². The van der Waals surface area contributed by atoms with Crippen LogP contribution in [0.1, 0.15) is 90.9 Å². The van der Waals surface area contributed by atoms with Crippen LogP contribution in [0, 0.1) is 0 Å². The lowest BCUT2D eigenvalue weighted by atomic mass is 9.75. The number of Topliss-reactive ketones (excluding diaryl/α,β-unsaturated/α-hetero) is 1. The van der Waals surface area contributed by atoms with E-state index in [2.05, 4.69) is 0 Å². The van der Waals surface area contributed by atoms with Crippen LogP contribution in [0.15, 0.2) is 0 Å². The lowest BCUT2D eigenvalue weighted by Crippen LogP contribution is -2.56. The van der Waals surface area contributed by atoms with Gasteiger partial charge < -0.3 is 10.2 Å². The van der Waals surface area contributed by atoms with Crippen LogP contribution in [-0.2, 0) is 4.79 Å². The van der Waals surface area contributed by atoms with Gasteiger partial charge in [-0.05, 0) is 12.8 Å². The van der Waals surface area contributed by atoms with Crippen LogP contribution in [0.4, 0.5) is 26.3 Å². The topological polar surface area (TPSA) is 57.5 Å². The van der Waals surface area contributed by atoms with Gasteiger partial charge >= 0.3 is 12.4 Å². The maximum Gasteiger partial charge on any atom is 0.392 e. The molecule has 0 bridgehead atoms. The van der Waals surface area contributed by atoms with Crippen LogP contribution in [0.3, 0.4) is 0 Å². The molecule has 28 heavy (non-hydrogen) atoms. The van der Waals surface area contributed by atoms with Crippen molar-refractivity contribution in [2.24, 2.45) is 0 Å². The smallest absolute Gasteiger partial charge is 0.382 e. The van der Waals surface area contributed by atoms with Crippen LogP contribution >= 0.6 is 0 Å². The fourth-order valence-corrected chi connectivity index (χ4v) is 3.35. The van der Waals surface area contributed by atoms with Crippen molar-refractivity contribution in [3.05, 3.63) is 0 Å². The average molecular weight is 422 g/mol. The quantitative estimate of drug-likeness (QED) is 0.272. The summed E-state index contributed by atoms with van der Waals surface area (Å²) < 4.78 is 77.7. The Kier molecular flexibility index (Phi) is 11.0. The molecule has 168 valence electrons. The highest BCUT2D eigenvalue weighted by molar-refractivity contribution is 5.94. The third-order valence-electron chi connectivity index (χ3n) is 4.72. The summed E-state index contributed by atoms with van der Waals surface area (Å²) in [6.45, 7) is 3.71. The zero-order valence-electron chi connectivity index (χ0n) is 16.6. The number of halogens is 6. The molecule has 0 rings (SSSR count). The average Bonchev–Trinajstić information content (AvgIpc) is 2.52. The molecule has 0 fully saturated rings. The minimum Gasteiger partial charge on any atom is -0.382 e.